The molecule has 2 nitrogen and oxygen atoms in total. The topological polar surface area (TPSA) is 26.3 Å². The Morgan fingerprint density at radius 1 is 1.08 bits per heavy atom. The number of carbonyl (C=O) groups excluding carboxylic acids is 1. The summed E-state index contributed by atoms with van der Waals surface area (Å²) in [7, 11) is 0. The Labute approximate surface area is 155 Å². The molecule has 0 aromatic heterocycles. The van der Waals surface area contributed by atoms with Crippen LogP contribution in [0.15, 0.2) is 42.5 Å². The molecule has 1 aliphatic carbocycles. The van der Waals surface area contributed by atoms with Crippen molar-refractivity contribution in [2.24, 2.45) is 5.92 Å². The fourth-order valence-electron chi connectivity index (χ4n) is 3.89. The monoisotopic (exact) mass is 354 g/mol. The van der Waals surface area contributed by atoms with E-state index < -0.39 is 11.8 Å². The number of benzene rings is 2. The number of aryl methyl sites for hydroxylation is 1. The van der Waals surface area contributed by atoms with Gasteiger partial charge in [-0.25, -0.2) is 9.18 Å². The maximum atomic E-state index is 13.6. The van der Waals surface area contributed by atoms with E-state index in [1.807, 2.05) is 12.1 Å². The van der Waals surface area contributed by atoms with Gasteiger partial charge in [0.05, 0.1) is 5.56 Å². The minimum atomic E-state index is -0.531. The molecule has 0 bridgehead atoms. The fraction of sp³-hybridized carbons (Fsp3) is 0.435. The maximum absolute atomic E-state index is 13.6. The first-order valence-electron chi connectivity index (χ1n) is 9.65. The van der Waals surface area contributed by atoms with Crippen LogP contribution in [-0.2, 0) is 0 Å². The minimum absolute atomic E-state index is 0.228. The Morgan fingerprint density at radius 3 is 2.38 bits per heavy atom. The van der Waals surface area contributed by atoms with Crippen LogP contribution in [-0.4, -0.2) is 5.97 Å². The molecular weight excluding hydrogens is 327 g/mol. The van der Waals surface area contributed by atoms with Gasteiger partial charge in [0.1, 0.15) is 11.6 Å². The number of esters is 1. The molecule has 0 saturated heterocycles. The van der Waals surface area contributed by atoms with Gasteiger partial charge in [0.25, 0.3) is 0 Å². The van der Waals surface area contributed by atoms with Crippen molar-refractivity contribution in [1.29, 1.82) is 0 Å². The van der Waals surface area contributed by atoms with Crippen molar-refractivity contribution in [2.45, 2.75) is 58.3 Å². The summed E-state index contributed by atoms with van der Waals surface area (Å²) in [6.07, 6.45) is 7.74. The van der Waals surface area contributed by atoms with Crippen molar-refractivity contribution in [2.75, 3.05) is 0 Å². The first kappa shape index (κ1) is 18.6. The second-order valence-corrected chi connectivity index (χ2v) is 7.43. The molecule has 1 aliphatic rings. The molecule has 0 heterocycles. The molecule has 0 amide bonds. The average Bonchev–Trinajstić information content (AvgIpc) is 2.65. The van der Waals surface area contributed by atoms with Crippen molar-refractivity contribution in [3.63, 3.8) is 0 Å². The highest BCUT2D eigenvalue weighted by molar-refractivity contribution is 5.91. The lowest BCUT2D eigenvalue weighted by Crippen LogP contribution is -2.13. The number of hydrogen-bond donors (Lipinski definition) is 0. The SMILES string of the molecule is CCCC1CCC(c2ccc(OC(=O)c3ccc(C)c(F)c3)cc2)CC1. The van der Waals surface area contributed by atoms with Gasteiger partial charge in [-0.05, 0) is 79.8 Å². The Kier molecular flexibility index (Phi) is 6.08. The highest BCUT2D eigenvalue weighted by Crippen LogP contribution is 2.37. The largest absolute Gasteiger partial charge is 0.423 e. The molecule has 0 N–H and O–H groups in total. The third-order valence-electron chi connectivity index (χ3n) is 5.51. The molecular formula is C23H27FO2. The van der Waals surface area contributed by atoms with Crippen LogP contribution >= 0.6 is 0 Å². The van der Waals surface area contributed by atoms with Gasteiger partial charge < -0.3 is 4.74 Å². The molecule has 1 saturated carbocycles. The van der Waals surface area contributed by atoms with Gasteiger partial charge in [0, 0.05) is 0 Å². The summed E-state index contributed by atoms with van der Waals surface area (Å²) in [4.78, 5) is 12.2. The van der Waals surface area contributed by atoms with E-state index in [1.165, 1.54) is 50.2 Å². The highest BCUT2D eigenvalue weighted by Gasteiger charge is 2.22. The number of halogens is 1. The molecule has 26 heavy (non-hydrogen) atoms. The van der Waals surface area contributed by atoms with Crippen LogP contribution in [0.3, 0.4) is 0 Å². The van der Waals surface area contributed by atoms with Crippen molar-refractivity contribution < 1.29 is 13.9 Å². The second-order valence-electron chi connectivity index (χ2n) is 7.43. The molecule has 0 spiro atoms. The highest BCUT2D eigenvalue weighted by atomic mass is 19.1. The zero-order valence-electron chi connectivity index (χ0n) is 15.6. The Bertz CT molecular complexity index is 743. The third-order valence-corrected chi connectivity index (χ3v) is 5.51. The Hall–Kier alpha value is -2.16. The molecule has 3 heteroatoms. The third kappa shape index (κ3) is 4.51. The minimum Gasteiger partial charge on any atom is -0.423 e. The fourth-order valence-corrected chi connectivity index (χ4v) is 3.89. The van der Waals surface area contributed by atoms with E-state index in [1.54, 1.807) is 19.1 Å². The number of rotatable bonds is 5. The van der Waals surface area contributed by atoms with Crippen LogP contribution < -0.4 is 4.74 Å². The van der Waals surface area contributed by atoms with Crippen LogP contribution in [0.1, 0.15) is 72.9 Å². The quantitative estimate of drug-likeness (QED) is 0.457. The molecule has 0 unspecified atom stereocenters. The smallest absolute Gasteiger partial charge is 0.343 e. The first-order valence-corrected chi connectivity index (χ1v) is 9.65. The van der Waals surface area contributed by atoms with Crippen molar-refractivity contribution in [3.8, 4) is 5.75 Å². The summed E-state index contributed by atoms with van der Waals surface area (Å²) >= 11 is 0. The summed E-state index contributed by atoms with van der Waals surface area (Å²) in [5, 5.41) is 0. The zero-order valence-corrected chi connectivity index (χ0v) is 15.6. The van der Waals surface area contributed by atoms with Crippen LogP contribution in [0.2, 0.25) is 0 Å². The van der Waals surface area contributed by atoms with E-state index in [4.69, 9.17) is 4.74 Å². The number of carbonyl (C=O) groups is 1. The van der Waals surface area contributed by atoms with Crippen molar-refractivity contribution in [1.82, 2.24) is 0 Å². The van der Waals surface area contributed by atoms with Gasteiger partial charge in [-0.1, -0.05) is 38.0 Å². The van der Waals surface area contributed by atoms with E-state index in [9.17, 15) is 9.18 Å². The molecule has 1 fully saturated rings. The van der Waals surface area contributed by atoms with Crippen molar-refractivity contribution in [3.05, 3.63) is 65.0 Å². The normalized spacial score (nSPS) is 20.0. The van der Waals surface area contributed by atoms with Crippen LogP contribution in [0.5, 0.6) is 5.75 Å². The molecule has 0 atom stereocenters. The van der Waals surface area contributed by atoms with Crippen molar-refractivity contribution >= 4 is 5.97 Å². The molecule has 0 aliphatic heterocycles. The lowest BCUT2D eigenvalue weighted by atomic mass is 9.77. The average molecular weight is 354 g/mol. The standard InChI is InChI=1S/C23H27FO2/c1-3-4-17-6-9-18(10-7-17)19-11-13-21(14-12-19)26-23(25)20-8-5-16(2)22(24)15-20/h5,8,11-15,17-18H,3-4,6-7,9-10H2,1-2H3. The molecule has 138 valence electrons. The number of hydrogen-bond acceptors (Lipinski definition) is 2. The lowest BCUT2D eigenvalue weighted by Gasteiger charge is -2.28. The van der Waals surface area contributed by atoms with E-state index in [0.717, 1.165) is 5.92 Å². The van der Waals surface area contributed by atoms with Crippen LogP contribution in [0, 0.1) is 18.7 Å². The van der Waals surface area contributed by atoms with Crippen LogP contribution in [0.4, 0.5) is 4.39 Å². The van der Waals surface area contributed by atoms with E-state index in [0.29, 0.717) is 17.2 Å². The van der Waals surface area contributed by atoms with E-state index in [2.05, 4.69) is 19.1 Å². The Balaban J connectivity index is 1.59. The number of ether oxygens (including phenoxy) is 1. The van der Waals surface area contributed by atoms with E-state index in [-0.39, 0.29) is 5.56 Å². The molecule has 2 aromatic carbocycles. The molecule has 2 aromatic rings. The van der Waals surface area contributed by atoms with Gasteiger partial charge in [-0.2, -0.15) is 0 Å². The van der Waals surface area contributed by atoms with Gasteiger partial charge in [0.15, 0.2) is 0 Å². The first-order chi connectivity index (χ1) is 12.6. The summed E-state index contributed by atoms with van der Waals surface area (Å²) in [6.45, 7) is 3.93. The summed E-state index contributed by atoms with van der Waals surface area (Å²) in [5.41, 5.74) is 2.06. The predicted molar refractivity (Wildman–Crippen MR) is 102 cm³/mol. The second kappa shape index (κ2) is 8.48. The summed E-state index contributed by atoms with van der Waals surface area (Å²) in [6, 6.07) is 12.2. The lowest BCUT2D eigenvalue weighted by molar-refractivity contribution is 0.0734. The van der Waals surface area contributed by atoms with Gasteiger partial charge >= 0.3 is 5.97 Å². The molecule has 0 radical (unpaired) electrons. The van der Waals surface area contributed by atoms with Gasteiger partial charge in [-0.3, -0.25) is 0 Å². The van der Waals surface area contributed by atoms with E-state index >= 15 is 0 Å². The Morgan fingerprint density at radius 2 is 1.77 bits per heavy atom. The van der Waals surface area contributed by atoms with Gasteiger partial charge in [0.2, 0.25) is 0 Å². The van der Waals surface area contributed by atoms with Gasteiger partial charge in [-0.15, -0.1) is 0 Å². The predicted octanol–water partition coefficient (Wildman–Crippen LogP) is 6.43. The zero-order chi connectivity index (χ0) is 18.5. The molecule has 3 rings (SSSR count). The summed E-state index contributed by atoms with van der Waals surface area (Å²) in [5.74, 6) is 1.08. The van der Waals surface area contributed by atoms with Crippen LogP contribution in [0.25, 0.3) is 0 Å². The maximum Gasteiger partial charge on any atom is 0.343 e. The summed E-state index contributed by atoms with van der Waals surface area (Å²) < 4.78 is 19.0.